The van der Waals surface area contributed by atoms with E-state index >= 15 is 0 Å². The minimum atomic E-state index is -0.809. The average molecular weight is 555 g/mol. The van der Waals surface area contributed by atoms with Crippen molar-refractivity contribution in [2.45, 2.75) is 63.3 Å². The lowest BCUT2D eigenvalue weighted by molar-refractivity contribution is -0.137. The highest BCUT2D eigenvalue weighted by Gasteiger charge is 2.39. The second-order valence-electron chi connectivity index (χ2n) is 8.07. The van der Waals surface area contributed by atoms with Crippen molar-refractivity contribution >= 4 is 34.2 Å². The first-order chi connectivity index (χ1) is 15.3. The molecule has 9 heteroatoms. The van der Waals surface area contributed by atoms with E-state index in [0.29, 0.717) is 44.2 Å². The van der Waals surface area contributed by atoms with Crippen molar-refractivity contribution in [3.8, 4) is 0 Å². The molecule has 0 bridgehead atoms. The Morgan fingerprint density at radius 2 is 2.09 bits per heavy atom. The molecule has 0 radical (unpaired) electrons. The quantitative estimate of drug-likeness (QED) is 0.0741. The lowest BCUT2D eigenvalue weighted by Crippen LogP contribution is -2.20. The number of rotatable bonds is 12. The van der Waals surface area contributed by atoms with Gasteiger partial charge in [0, 0.05) is 27.2 Å². The molecule has 0 heterocycles. The summed E-state index contributed by atoms with van der Waals surface area (Å²) in [5.74, 6) is -1.19. The molecule has 0 amide bonds. The molecule has 1 aliphatic rings. The molecular weight excluding hydrogens is 525 g/mol. The van der Waals surface area contributed by atoms with E-state index < -0.39 is 24.3 Å². The normalized spacial score (nSPS) is 24.1. The predicted molar refractivity (Wildman–Crippen MR) is 130 cm³/mol. The number of azide groups is 1. The maximum atomic E-state index is 10.5. The Morgan fingerprint density at radius 3 is 2.78 bits per heavy atom. The first-order valence-corrected chi connectivity index (χ1v) is 11.8. The van der Waals surface area contributed by atoms with Crippen LogP contribution in [-0.4, -0.2) is 44.7 Å². The first-order valence-electron chi connectivity index (χ1n) is 10.7. The van der Waals surface area contributed by atoms with Gasteiger partial charge in [-0.2, -0.15) is 0 Å². The molecule has 0 saturated heterocycles. The summed E-state index contributed by atoms with van der Waals surface area (Å²) < 4.78 is 0.852. The van der Waals surface area contributed by atoms with Gasteiger partial charge in [-0.05, 0) is 77.8 Å². The van der Waals surface area contributed by atoms with Crippen molar-refractivity contribution in [3.63, 3.8) is 0 Å². The largest absolute Gasteiger partial charge is 0.481 e. The molecule has 174 valence electrons. The molecule has 8 nitrogen and oxygen atoms in total. The number of aryl methyl sites for hydroxylation is 1. The highest BCUT2D eigenvalue weighted by atomic mass is 127. The lowest BCUT2D eigenvalue weighted by Gasteiger charge is -2.19. The van der Waals surface area contributed by atoms with Gasteiger partial charge in [-0.3, -0.25) is 4.79 Å². The fourth-order valence-corrected chi connectivity index (χ4v) is 4.64. The van der Waals surface area contributed by atoms with Crippen LogP contribution in [0.4, 0.5) is 5.69 Å². The monoisotopic (exact) mass is 555 g/mol. The van der Waals surface area contributed by atoms with Crippen molar-refractivity contribution in [3.05, 3.63) is 62.1 Å². The molecule has 0 unspecified atom stereocenters. The molecule has 1 fully saturated rings. The lowest BCUT2D eigenvalue weighted by atomic mass is 9.89. The van der Waals surface area contributed by atoms with E-state index in [0.717, 1.165) is 9.13 Å². The van der Waals surface area contributed by atoms with Crippen LogP contribution in [-0.2, 0) is 11.2 Å². The van der Waals surface area contributed by atoms with Gasteiger partial charge in [0.05, 0.1) is 24.0 Å². The number of hydrogen-bond donors (Lipinski definition) is 4. The van der Waals surface area contributed by atoms with Crippen LogP contribution in [0.1, 0.15) is 44.1 Å². The van der Waals surface area contributed by atoms with Crippen LogP contribution in [0.5, 0.6) is 0 Å². The third-order valence-electron chi connectivity index (χ3n) is 5.70. The number of halogens is 1. The van der Waals surface area contributed by atoms with E-state index in [1.165, 1.54) is 0 Å². The van der Waals surface area contributed by atoms with Gasteiger partial charge in [-0.25, -0.2) is 0 Å². The molecule has 1 aliphatic carbocycles. The molecule has 2 rings (SSSR count). The van der Waals surface area contributed by atoms with Crippen LogP contribution < -0.4 is 0 Å². The summed E-state index contributed by atoms with van der Waals surface area (Å²) in [5.41, 5.74) is 10.2. The van der Waals surface area contributed by atoms with Crippen LogP contribution in [0.25, 0.3) is 10.4 Å². The maximum absolute atomic E-state index is 10.5. The van der Waals surface area contributed by atoms with Gasteiger partial charge in [0.25, 0.3) is 0 Å². The van der Waals surface area contributed by atoms with E-state index in [4.69, 9.17) is 10.6 Å². The van der Waals surface area contributed by atoms with Crippen LogP contribution >= 0.6 is 22.6 Å². The van der Waals surface area contributed by atoms with Crippen molar-refractivity contribution in [1.29, 1.82) is 0 Å². The smallest absolute Gasteiger partial charge is 0.303 e. The molecule has 1 aromatic rings. The Labute approximate surface area is 201 Å². The van der Waals surface area contributed by atoms with Crippen LogP contribution in [0.2, 0.25) is 0 Å². The molecule has 0 aliphatic heterocycles. The number of carbonyl (C=O) groups is 1. The summed E-state index contributed by atoms with van der Waals surface area (Å²) in [6, 6.07) is 5.56. The SMILES string of the molecule is [N-]=[N+]=Nc1ccc(CC[C@H](O)/C=C/[C@@H]2[C@@H](C/C=C\CCCC(=O)O)[C@@H](O)C[C@H]2O)cc1I. The van der Waals surface area contributed by atoms with Gasteiger partial charge in [0.1, 0.15) is 0 Å². The first kappa shape index (κ1) is 26.3. The zero-order valence-corrected chi connectivity index (χ0v) is 20.0. The number of benzene rings is 1. The summed E-state index contributed by atoms with van der Waals surface area (Å²) >= 11 is 2.11. The van der Waals surface area contributed by atoms with Gasteiger partial charge in [0.15, 0.2) is 0 Å². The van der Waals surface area contributed by atoms with E-state index in [2.05, 4.69) is 32.6 Å². The van der Waals surface area contributed by atoms with Crippen LogP contribution in [0.3, 0.4) is 0 Å². The molecule has 1 saturated carbocycles. The molecule has 0 aromatic heterocycles. The number of carboxylic acid groups (broad SMARTS) is 1. The molecule has 32 heavy (non-hydrogen) atoms. The predicted octanol–water partition coefficient (Wildman–Crippen LogP) is 4.64. The van der Waals surface area contributed by atoms with E-state index in [9.17, 15) is 20.1 Å². The fourth-order valence-electron chi connectivity index (χ4n) is 3.95. The molecule has 4 N–H and O–H groups in total. The van der Waals surface area contributed by atoms with Crippen molar-refractivity contribution in [1.82, 2.24) is 0 Å². The molecular formula is C23H30IN3O5. The van der Waals surface area contributed by atoms with Gasteiger partial charge < -0.3 is 20.4 Å². The van der Waals surface area contributed by atoms with Gasteiger partial charge >= 0.3 is 5.97 Å². The maximum Gasteiger partial charge on any atom is 0.303 e. The van der Waals surface area contributed by atoms with Crippen molar-refractivity contribution in [2.24, 2.45) is 17.0 Å². The topological polar surface area (TPSA) is 147 Å². The third-order valence-corrected chi connectivity index (χ3v) is 6.57. The Hall–Kier alpha value is -1.91. The summed E-state index contributed by atoms with van der Waals surface area (Å²) in [7, 11) is 0. The number of aliphatic hydroxyl groups is 3. The van der Waals surface area contributed by atoms with E-state index in [1.54, 1.807) is 12.1 Å². The third kappa shape index (κ3) is 8.55. The average Bonchev–Trinajstić information content (AvgIpc) is 3.01. The number of carboxylic acids is 1. The second kappa shape index (κ2) is 13.6. The number of aliphatic carboxylic acids is 1. The Balaban J connectivity index is 1.87. The van der Waals surface area contributed by atoms with Crippen molar-refractivity contribution < 1.29 is 25.2 Å². The van der Waals surface area contributed by atoms with Gasteiger partial charge in [-0.1, -0.05) is 41.6 Å². The van der Waals surface area contributed by atoms with E-state index in [1.807, 2.05) is 30.4 Å². The minimum absolute atomic E-state index is 0.134. The fraction of sp³-hybridized carbons (Fsp3) is 0.522. The number of hydrogen-bond acceptors (Lipinski definition) is 5. The number of aliphatic hydroxyl groups excluding tert-OH is 3. The zero-order chi connectivity index (χ0) is 23.5. The summed E-state index contributed by atoms with van der Waals surface area (Å²) in [4.78, 5) is 13.3. The van der Waals surface area contributed by atoms with Crippen LogP contribution in [0, 0.1) is 15.4 Å². The number of unbranched alkanes of at least 4 members (excludes halogenated alkanes) is 1. The highest BCUT2D eigenvalue weighted by Crippen LogP contribution is 2.36. The standard InChI is InChI=1S/C23H30IN3O5/c24-19-13-15(8-12-20(19)26-27-25)7-9-16(28)10-11-18-17(21(29)14-22(18)30)5-3-1-2-4-6-23(31)32/h1,3,8,10-13,16-18,21-22,28-30H,2,4-7,9,14H2,(H,31,32)/b3-1-,11-10+/t16-,17+,18+,21-,22+/m0/s1. The molecule has 5 atom stereocenters. The highest BCUT2D eigenvalue weighted by molar-refractivity contribution is 14.1. The number of nitrogens with zero attached hydrogens (tertiary/aromatic N) is 3. The van der Waals surface area contributed by atoms with Gasteiger partial charge in [-0.15, -0.1) is 0 Å². The Bertz CT molecular complexity index is 869. The summed E-state index contributed by atoms with van der Waals surface area (Å²) in [6.07, 6.45) is 8.83. The minimum Gasteiger partial charge on any atom is -0.481 e. The van der Waals surface area contributed by atoms with Crippen molar-refractivity contribution in [2.75, 3.05) is 0 Å². The summed E-state index contributed by atoms with van der Waals surface area (Å²) in [5, 5.41) is 43.3. The van der Waals surface area contributed by atoms with Gasteiger partial charge in [0.2, 0.25) is 0 Å². The number of allylic oxidation sites excluding steroid dienone is 2. The molecule has 1 aromatic carbocycles. The Kier molecular flexibility index (Phi) is 11.2. The zero-order valence-electron chi connectivity index (χ0n) is 17.8. The molecule has 0 spiro atoms. The summed E-state index contributed by atoms with van der Waals surface area (Å²) in [6.45, 7) is 0. The second-order valence-corrected chi connectivity index (χ2v) is 9.23. The van der Waals surface area contributed by atoms with E-state index in [-0.39, 0.29) is 18.3 Å². The Morgan fingerprint density at radius 1 is 1.31 bits per heavy atom. The van der Waals surface area contributed by atoms with Crippen LogP contribution in [0.15, 0.2) is 47.6 Å².